The monoisotopic (exact) mass is 590 g/mol. The molecule has 0 bridgehead atoms. The summed E-state index contributed by atoms with van der Waals surface area (Å²) in [6.07, 6.45) is 17.3. The molecule has 0 amide bonds. The van der Waals surface area contributed by atoms with E-state index in [9.17, 15) is 14.4 Å². The molecule has 0 aromatic rings. The van der Waals surface area contributed by atoms with Crippen molar-refractivity contribution in [1.29, 1.82) is 0 Å². The summed E-state index contributed by atoms with van der Waals surface area (Å²) < 4.78 is 14.0. The number of aliphatic hydroxyl groups excluding tert-OH is 4. The van der Waals surface area contributed by atoms with Gasteiger partial charge in [0, 0.05) is 27.9 Å². The number of carbonyl (C=O) groups is 3. The molecule has 0 aromatic heterocycles. The highest BCUT2D eigenvalue weighted by Gasteiger charge is 2.15. The van der Waals surface area contributed by atoms with Crippen LogP contribution in [0, 0.1) is 37.6 Å². The zero-order valence-electron chi connectivity index (χ0n) is 22.4. The van der Waals surface area contributed by atoms with Gasteiger partial charge in [-0.2, -0.15) is 14.7 Å². The molecule has 0 rings (SSSR count). The van der Waals surface area contributed by atoms with Crippen molar-refractivity contribution in [2.45, 2.75) is 47.8 Å². The first-order valence-corrected chi connectivity index (χ1v) is 9.71. The summed E-state index contributed by atoms with van der Waals surface area (Å²) in [5.74, 6) is -1.51. The SMILES string of the molecule is C.C.C#COOC.C#COOC.C#COOC.CC(=O)OCC(COC(C)=O)OC(C)=O.CO.OCC(O)CO. The molecule has 0 aliphatic carbocycles. The number of hydrogen-bond acceptors (Lipinski definition) is 16. The van der Waals surface area contributed by atoms with Crippen LogP contribution < -0.4 is 0 Å². The zero-order valence-corrected chi connectivity index (χ0v) is 22.4. The lowest BCUT2D eigenvalue weighted by Crippen LogP contribution is -2.29. The maximum absolute atomic E-state index is 10.6. The predicted octanol–water partition coefficient (Wildman–Crippen LogP) is -0.278. The molecule has 16 heteroatoms. The Morgan fingerprint density at radius 3 is 1.05 bits per heavy atom. The van der Waals surface area contributed by atoms with Crippen molar-refractivity contribution >= 4 is 17.9 Å². The number of terminal acetylenes is 3. The van der Waals surface area contributed by atoms with E-state index in [0.717, 1.165) is 7.11 Å². The van der Waals surface area contributed by atoms with Crippen LogP contribution >= 0.6 is 0 Å². The number of aliphatic hydroxyl groups is 4. The number of ether oxygens (including phenoxy) is 3. The van der Waals surface area contributed by atoms with Crippen molar-refractivity contribution in [2.24, 2.45) is 0 Å². The molecule has 0 spiro atoms. The van der Waals surface area contributed by atoms with Crippen LogP contribution in [0.5, 0.6) is 0 Å². The van der Waals surface area contributed by atoms with Gasteiger partial charge in [-0.1, -0.05) is 34.1 Å². The molecular formula is C24H46O16. The van der Waals surface area contributed by atoms with Crippen molar-refractivity contribution in [2.75, 3.05) is 54.9 Å². The first-order chi connectivity index (χ1) is 18.0. The van der Waals surface area contributed by atoms with Gasteiger partial charge >= 0.3 is 17.9 Å². The second-order valence-electron chi connectivity index (χ2n) is 4.96. The number of hydrogen-bond donors (Lipinski definition) is 4. The number of carbonyl (C=O) groups excluding carboxylic acids is 3. The van der Waals surface area contributed by atoms with Crippen molar-refractivity contribution in [1.82, 2.24) is 0 Å². The Balaban J connectivity index is -0.0000000574. The van der Waals surface area contributed by atoms with E-state index in [1.165, 1.54) is 42.1 Å². The van der Waals surface area contributed by atoms with Gasteiger partial charge in [0.15, 0.2) is 24.4 Å². The second-order valence-corrected chi connectivity index (χ2v) is 4.96. The molecule has 0 unspecified atom stereocenters. The van der Waals surface area contributed by atoms with Crippen LogP contribution in [-0.4, -0.2) is 105 Å². The van der Waals surface area contributed by atoms with E-state index < -0.39 is 30.1 Å². The van der Waals surface area contributed by atoms with Crippen LogP contribution in [0.25, 0.3) is 0 Å². The quantitative estimate of drug-likeness (QED) is 0.0846. The molecule has 0 saturated heterocycles. The van der Waals surface area contributed by atoms with Crippen LogP contribution in [0.4, 0.5) is 0 Å². The van der Waals surface area contributed by atoms with E-state index in [0.29, 0.717) is 0 Å². The van der Waals surface area contributed by atoms with Gasteiger partial charge in [-0.05, 0) is 0 Å². The van der Waals surface area contributed by atoms with E-state index in [1.807, 2.05) is 0 Å². The summed E-state index contributed by atoms with van der Waals surface area (Å²) >= 11 is 0. The van der Waals surface area contributed by atoms with E-state index in [4.69, 9.17) is 25.2 Å². The molecule has 4 N–H and O–H groups in total. The van der Waals surface area contributed by atoms with Gasteiger partial charge in [-0.3, -0.25) is 29.0 Å². The van der Waals surface area contributed by atoms with Crippen LogP contribution in [0.3, 0.4) is 0 Å². The lowest BCUT2D eigenvalue weighted by Gasteiger charge is -2.15. The molecular weight excluding hydrogens is 544 g/mol. The Bertz CT molecular complexity index is 574. The smallest absolute Gasteiger partial charge is 0.303 e. The summed E-state index contributed by atoms with van der Waals surface area (Å²) in [5, 5.41) is 31.0. The van der Waals surface area contributed by atoms with Gasteiger partial charge in [0.05, 0.1) is 34.5 Å². The van der Waals surface area contributed by atoms with Crippen molar-refractivity contribution < 1.29 is 78.3 Å². The molecule has 40 heavy (non-hydrogen) atoms. The van der Waals surface area contributed by atoms with E-state index in [1.54, 1.807) is 18.3 Å². The zero-order chi connectivity index (χ0) is 31.2. The molecule has 0 atom stereocenters. The molecule has 0 fully saturated rings. The fraction of sp³-hybridized carbons (Fsp3) is 0.625. The largest absolute Gasteiger partial charge is 0.462 e. The average Bonchev–Trinajstić information content (AvgIpc) is 2.89. The van der Waals surface area contributed by atoms with Gasteiger partial charge < -0.3 is 34.6 Å². The first-order valence-electron chi connectivity index (χ1n) is 9.71. The minimum atomic E-state index is -0.954. The first kappa shape index (κ1) is 56.4. The standard InChI is InChI=1S/C9H14O6.C3H8O3.3C3H4O2.CH4O.2CH4/c1-6(10)13-4-9(15-8(3)12)5-14-7(2)11;4-1-3(6)2-5;3*1-3-5-4-2;1-2;;/h9H,4-5H2,1-3H3;3-6H,1-2H2;3*1H,2H3;2H,1H3;2*1H4. The molecule has 238 valence electrons. The van der Waals surface area contributed by atoms with Gasteiger partial charge in [0.25, 0.3) is 0 Å². The van der Waals surface area contributed by atoms with Crippen molar-refractivity contribution in [3.8, 4) is 37.6 Å². The predicted molar refractivity (Wildman–Crippen MR) is 141 cm³/mol. The van der Waals surface area contributed by atoms with Crippen LogP contribution in [0.2, 0.25) is 0 Å². The average molecular weight is 591 g/mol. The fourth-order valence-corrected chi connectivity index (χ4v) is 0.974. The summed E-state index contributed by atoms with van der Waals surface area (Å²) in [7, 11) is 5.04. The molecule has 0 aliphatic heterocycles. The summed E-state index contributed by atoms with van der Waals surface area (Å²) in [4.78, 5) is 55.1. The molecule has 0 aromatic carbocycles. The lowest BCUT2D eigenvalue weighted by atomic mass is 10.4. The molecule has 0 aliphatic rings. The number of rotatable bonds is 10. The summed E-state index contributed by atoms with van der Waals surface area (Å²) in [6, 6.07) is 0. The third kappa shape index (κ3) is 92.4. The van der Waals surface area contributed by atoms with Gasteiger partial charge in [-0.25, -0.2) is 0 Å². The molecule has 0 heterocycles. The Labute approximate surface area is 237 Å². The van der Waals surface area contributed by atoms with Crippen LogP contribution in [0.15, 0.2) is 0 Å². The Kier molecular flexibility index (Phi) is 78.5. The highest BCUT2D eigenvalue weighted by Crippen LogP contribution is 1.97. The minimum absolute atomic E-state index is 0. The van der Waals surface area contributed by atoms with E-state index >= 15 is 0 Å². The van der Waals surface area contributed by atoms with E-state index in [2.05, 4.69) is 58.1 Å². The van der Waals surface area contributed by atoms with Crippen LogP contribution in [-0.2, 0) is 57.9 Å². The molecule has 16 nitrogen and oxygen atoms in total. The normalized spacial score (nSPS) is 7.35. The Morgan fingerprint density at radius 1 is 0.675 bits per heavy atom. The maximum Gasteiger partial charge on any atom is 0.303 e. The fourth-order valence-electron chi connectivity index (χ4n) is 0.974. The minimum Gasteiger partial charge on any atom is -0.462 e. The highest BCUT2D eigenvalue weighted by atomic mass is 17.2. The third-order valence-electron chi connectivity index (χ3n) is 2.09. The summed E-state index contributed by atoms with van der Waals surface area (Å²) in [5.41, 5.74) is 0. The Morgan fingerprint density at radius 2 is 0.950 bits per heavy atom. The van der Waals surface area contributed by atoms with Crippen molar-refractivity contribution in [3.63, 3.8) is 0 Å². The van der Waals surface area contributed by atoms with Crippen LogP contribution in [0.1, 0.15) is 35.6 Å². The van der Waals surface area contributed by atoms with E-state index in [-0.39, 0.29) is 41.3 Å². The second kappa shape index (κ2) is 55.7. The number of esters is 3. The van der Waals surface area contributed by atoms with Gasteiger partial charge in [0.1, 0.15) is 19.3 Å². The Hall–Kier alpha value is -3.79. The van der Waals surface area contributed by atoms with Gasteiger partial charge in [0.2, 0.25) is 0 Å². The lowest BCUT2D eigenvalue weighted by molar-refractivity contribution is -0.209. The maximum atomic E-state index is 10.6. The molecule has 0 radical (unpaired) electrons. The van der Waals surface area contributed by atoms with Crippen molar-refractivity contribution in [3.05, 3.63) is 0 Å². The summed E-state index contributed by atoms with van der Waals surface area (Å²) in [6.45, 7) is 2.71. The third-order valence-corrected chi connectivity index (χ3v) is 2.09. The topological polar surface area (TPSA) is 215 Å². The van der Waals surface area contributed by atoms with Gasteiger partial charge in [-0.15, -0.1) is 0 Å². The molecule has 0 saturated carbocycles. The highest BCUT2D eigenvalue weighted by molar-refractivity contribution is 5.67.